The Morgan fingerprint density at radius 2 is 1.60 bits per heavy atom. The van der Waals surface area contributed by atoms with Crippen LogP contribution in [-0.4, -0.2) is 65.8 Å². The lowest BCUT2D eigenvalue weighted by atomic mass is 9.91. The highest BCUT2D eigenvalue weighted by Crippen LogP contribution is 2.40. The SMILES string of the molecule is C=C1CC(C)CC2CC=CC(CC=CC(=O)OC(C(C=CC3CC(C)=CCO3)O[Si](C)(C)C(C)(C)C)CC=CC(O[Si](C)(C)C(C)(C)C)C1)O2. The molecule has 3 aliphatic rings. The van der Waals surface area contributed by atoms with E-state index in [2.05, 4.69) is 131 Å². The number of fused-ring (bicyclic) bond motifs is 2. The number of hydrogen-bond acceptors (Lipinski definition) is 6. The molecule has 7 atom stereocenters. The Morgan fingerprint density at radius 3 is 2.26 bits per heavy atom. The van der Waals surface area contributed by atoms with E-state index in [0.717, 1.165) is 32.1 Å². The van der Waals surface area contributed by atoms with E-state index in [9.17, 15) is 4.79 Å². The minimum absolute atomic E-state index is 0.0278. The van der Waals surface area contributed by atoms with Crippen LogP contribution >= 0.6 is 0 Å². The molecule has 0 aliphatic carbocycles. The summed E-state index contributed by atoms with van der Waals surface area (Å²) < 4.78 is 32.9. The number of esters is 1. The van der Waals surface area contributed by atoms with Gasteiger partial charge in [0.25, 0.3) is 0 Å². The molecule has 0 aromatic rings. The van der Waals surface area contributed by atoms with Gasteiger partial charge in [-0.15, -0.1) is 0 Å². The fraction of sp³-hybridized carbons (Fsp3) is 0.690. The van der Waals surface area contributed by atoms with Crippen molar-refractivity contribution in [3.63, 3.8) is 0 Å². The van der Waals surface area contributed by atoms with Crippen LogP contribution in [0.2, 0.25) is 36.3 Å². The molecule has 50 heavy (non-hydrogen) atoms. The highest BCUT2D eigenvalue weighted by atomic mass is 28.4. The average molecular weight is 727 g/mol. The van der Waals surface area contributed by atoms with Gasteiger partial charge >= 0.3 is 5.97 Å². The van der Waals surface area contributed by atoms with Gasteiger partial charge in [0.1, 0.15) is 12.2 Å². The van der Waals surface area contributed by atoms with Crippen molar-refractivity contribution in [3.8, 4) is 0 Å². The molecule has 7 unspecified atom stereocenters. The van der Waals surface area contributed by atoms with Gasteiger partial charge in [0.05, 0.1) is 31.0 Å². The van der Waals surface area contributed by atoms with Gasteiger partial charge in [-0.3, -0.25) is 0 Å². The van der Waals surface area contributed by atoms with Gasteiger partial charge in [-0.25, -0.2) is 4.79 Å². The van der Waals surface area contributed by atoms with E-state index in [1.54, 1.807) is 6.08 Å². The van der Waals surface area contributed by atoms with Crippen LogP contribution in [0.4, 0.5) is 0 Å². The molecule has 0 N–H and O–H groups in total. The molecule has 0 saturated carbocycles. The number of ether oxygens (including phenoxy) is 3. The van der Waals surface area contributed by atoms with Gasteiger partial charge in [0.15, 0.2) is 16.6 Å². The average Bonchev–Trinajstić information content (AvgIpc) is 2.97. The van der Waals surface area contributed by atoms with E-state index < -0.39 is 28.8 Å². The number of carbonyl (C=O) groups is 1. The molecule has 282 valence electrons. The predicted molar refractivity (Wildman–Crippen MR) is 213 cm³/mol. The first kappa shape index (κ1) is 42.6. The quantitative estimate of drug-likeness (QED) is 0.148. The first-order valence-electron chi connectivity index (χ1n) is 19.0. The summed E-state index contributed by atoms with van der Waals surface area (Å²) in [6, 6.07) is 0. The molecule has 0 radical (unpaired) electrons. The summed E-state index contributed by atoms with van der Waals surface area (Å²) >= 11 is 0. The minimum Gasteiger partial charge on any atom is -0.456 e. The Morgan fingerprint density at radius 1 is 0.920 bits per heavy atom. The molecule has 3 heterocycles. The molecule has 6 nitrogen and oxygen atoms in total. The zero-order valence-corrected chi connectivity index (χ0v) is 35.6. The molecule has 0 saturated heterocycles. The summed E-state index contributed by atoms with van der Waals surface area (Å²) in [6.45, 7) is 32.2. The number of hydrogen-bond donors (Lipinski definition) is 0. The van der Waals surface area contributed by atoms with Crippen LogP contribution in [-0.2, 0) is 27.9 Å². The lowest BCUT2D eigenvalue weighted by Gasteiger charge is -2.40. The third kappa shape index (κ3) is 13.6. The van der Waals surface area contributed by atoms with Gasteiger partial charge in [-0.05, 0) is 87.6 Å². The molecule has 2 bridgehead atoms. The molecular weight excluding hydrogens is 657 g/mol. The van der Waals surface area contributed by atoms with Crippen molar-refractivity contribution in [1.82, 2.24) is 0 Å². The van der Waals surface area contributed by atoms with Crippen LogP contribution in [0.15, 0.2) is 72.4 Å². The Labute approximate surface area is 307 Å². The molecule has 0 fully saturated rings. The van der Waals surface area contributed by atoms with E-state index in [1.807, 2.05) is 6.08 Å². The summed E-state index contributed by atoms with van der Waals surface area (Å²) in [5, 5.41) is 0.0376. The molecule has 8 heteroatoms. The van der Waals surface area contributed by atoms with Crippen molar-refractivity contribution in [2.24, 2.45) is 5.92 Å². The lowest BCUT2D eigenvalue weighted by Crippen LogP contribution is -2.47. The van der Waals surface area contributed by atoms with Crippen molar-refractivity contribution in [1.29, 1.82) is 0 Å². The van der Waals surface area contributed by atoms with Gasteiger partial charge in [0.2, 0.25) is 0 Å². The Balaban J connectivity index is 2.02. The van der Waals surface area contributed by atoms with E-state index in [-0.39, 0.29) is 40.5 Å². The minimum atomic E-state index is -2.27. The molecule has 3 rings (SSSR count). The van der Waals surface area contributed by atoms with Crippen molar-refractivity contribution in [2.75, 3.05) is 6.61 Å². The van der Waals surface area contributed by atoms with Crippen LogP contribution in [0.5, 0.6) is 0 Å². The number of carbonyl (C=O) groups excluding carboxylic acids is 1. The van der Waals surface area contributed by atoms with E-state index in [4.69, 9.17) is 23.1 Å². The second-order valence-corrected chi connectivity index (χ2v) is 27.5. The van der Waals surface area contributed by atoms with E-state index >= 15 is 0 Å². The maximum absolute atomic E-state index is 13.5. The third-order valence-corrected chi connectivity index (χ3v) is 20.1. The maximum atomic E-state index is 13.5. The molecular formula is C42H70O6Si2. The summed E-state index contributed by atoms with van der Waals surface area (Å²) in [5.74, 6) is 0.0697. The molecule has 3 aliphatic heterocycles. The highest BCUT2D eigenvalue weighted by Gasteiger charge is 2.41. The van der Waals surface area contributed by atoms with Crippen molar-refractivity contribution >= 4 is 22.6 Å². The van der Waals surface area contributed by atoms with Gasteiger partial charge in [-0.2, -0.15) is 0 Å². The topological polar surface area (TPSA) is 63.2 Å². The van der Waals surface area contributed by atoms with Crippen LogP contribution < -0.4 is 0 Å². The summed E-state index contributed by atoms with van der Waals surface area (Å²) in [6.07, 6.45) is 22.9. The Bertz CT molecular complexity index is 1280. The second kappa shape index (κ2) is 18.3. The predicted octanol–water partition coefficient (Wildman–Crippen LogP) is 11.0. The second-order valence-electron chi connectivity index (χ2n) is 18.0. The standard InChI is InChI=1S/C42H70O6Si2/c1-31-25-26-44-35(28-31)23-24-39(48-50(12,13)42(7,8)9)38-21-15-20-37(47-49(10,11)41(4,5)6)30-33(3)27-32(2)29-36-19-14-17-34(45-36)18-16-22-40(43)46-38/h14-17,20,22-25,32,34-39H,3,18-19,21,26-30H2,1-2,4-13H3. The van der Waals surface area contributed by atoms with Gasteiger partial charge in [-0.1, -0.05) is 115 Å². The van der Waals surface area contributed by atoms with Gasteiger partial charge in [0, 0.05) is 12.5 Å². The van der Waals surface area contributed by atoms with E-state index in [1.165, 1.54) is 11.1 Å². The number of rotatable bonds is 7. The Hall–Kier alpha value is -1.82. The first-order chi connectivity index (χ1) is 23.1. The van der Waals surface area contributed by atoms with Crippen LogP contribution in [0.1, 0.15) is 100 Å². The summed E-state index contributed by atoms with van der Waals surface area (Å²) in [7, 11) is -4.36. The molecule has 0 spiro atoms. The fourth-order valence-corrected chi connectivity index (χ4v) is 8.64. The van der Waals surface area contributed by atoms with Crippen molar-refractivity contribution in [2.45, 2.75) is 173 Å². The van der Waals surface area contributed by atoms with Crippen LogP contribution in [0.3, 0.4) is 0 Å². The van der Waals surface area contributed by atoms with E-state index in [0.29, 0.717) is 25.4 Å². The van der Waals surface area contributed by atoms with Crippen LogP contribution in [0, 0.1) is 5.92 Å². The molecule has 0 aromatic carbocycles. The zero-order valence-electron chi connectivity index (χ0n) is 33.6. The van der Waals surface area contributed by atoms with Gasteiger partial charge < -0.3 is 23.1 Å². The van der Waals surface area contributed by atoms with Crippen LogP contribution in [0.25, 0.3) is 0 Å². The first-order valence-corrected chi connectivity index (χ1v) is 24.8. The lowest BCUT2D eigenvalue weighted by molar-refractivity contribution is -0.146. The normalized spacial score (nSPS) is 29.3. The Kier molecular flexibility index (Phi) is 15.6. The molecule has 0 amide bonds. The number of cyclic esters (lactones) is 1. The largest absolute Gasteiger partial charge is 0.456 e. The van der Waals surface area contributed by atoms with Crippen molar-refractivity contribution < 1.29 is 27.9 Å². The molecule has 0 aromatic heterocycles. The zero-order chi connectivity index (χ0) is 37.3. The summed E-state index contributed by atoms with van der Waals surface area (Å²) in [4.78, 5) is 13.5. The third-order valence-electron chi connectivity index (χ3n) is 11.2. The smallest absolute Gasteiger partial charge is 0.330 e. The highest BCUT2D eigenvalue weighted by molar-refractivity contribution is 6.74. The monoisotopic (exact) mass is 726 g/mol. The summed E-state index contributed by atoms with van der Waals surface area (Å²) in [5.41, 5.74) is 2.51. The van der Waals surface area contributed by atoms with Crippen molar-refractivity contribution in [3.05, 3.63) is 72.4 Å². The fourth-order valence-electron chi connectivity index (χ4n) is 6.10. The maximum Gasteiger partial charge on any atom is 0.330 e.